The van der Waals surface area contributed by atoms with E-state index in [9.17, 15) is 19.2 Å². The number of aliphatic carboxylic acids is 1. The first-order valence-corrected chi connectivity index (χ1v) is 10.2. The van der Waals surface area contributed by atoms with Gasteiger partial charge in [0.25, 0.3) is 11.8 Å². The maximum absolute atomic E-state index is 12.8. The highest BCUT2D eigenvalue weighted by molar-refractivity contribution is 5.98. The Bertz CT molecular complexity index is 816. The molecule has 1 fully saturated rings. The molecule has 0 bridgehead atoms. The van der Waals surface area contributed by atoms with Gasteiger partial charge < -0.3 is 26.0 Å². The average molecular weight is 420 g/mol. The van der Waals surface area contributed by atoms with Crippen molar-refractivity contribution < 1.29 is 24.3 Å². The Morgan fingerprint density at radius 2 is 2.03 bits per heavy atom. The number of carbonyl (C=O) groups is 4. The molecular weight excluding hydrogens is 392 g/mol. The van der Waals surface area contributed by atoms with Crippen molar-refractivity contribution in [1.82, 2.24) is 30.6 Å². The molecule has 0 aliphatic carbocycles. The minimum Gasteiger partial charge on any atom is -0.480 e. The number of piperidine rings is 1. The van der Waals surface area contributed by atoms with Gasteiger partial charge in [-0.05, 0) is 38.3 Å². The third-order valence-corrected chi connectivity index (χ3v) is 5.51. The highest BCUT2D eigenvalue weighted by atomic mass is 16.4. The molecular formula is C19H28N6O5. The Morgan fingerprint density at radius 1 is 1.30 bits per heavy atom. The zero-order chi connectivity index (χ0) is 21.7. The molecule has 2 aliphatic heterocycles. The highest BCUT2D eigenvalue weighted by Crippen LogP contribution is 2.19. The van der Waals surface area contributed by atoms with Crippen molar-refractivity contribution in [3.8, 4) is 0 Å². The number of carboxylic acids is 1. The number of rotatable bonds is 8. The van der Waals surface area contributed by atoms with Gasteiger partial charge in [-0.15, -0.1) is 0 Å². The van der Waals surface area contributed by atoms with Gasteiger partial charge in [0.2, 0.25) is 5.91 Å². The van der Waals surface area contributed by atoms with Crippen LogP contribution in [0.3, 0.4) is 0 Å². The fourth-order valence-electron chi connectivity index (χ4n) is 3.80. The number of carboxylic acid groups (broad SMARTS) is 1. The summed E-state index contributed by atoms with van der Waals surface area (Å²) in [7, 11) is 0. The van der Waals surface area contributed by atoms with Crippen molar-refractivity contribution in [2.45, 2.75) is 38.8 Å². The van der Waals surface area contributed by atoms with Crippen LogP contribution < -0.4 is 16.0 Å². The smallest absolute Gasteiger partial charge is 0.328 e. The number of nitrogens with zero attached hydrogens (tertiary/aromatic N) is 3. The van der Waals surface area contributed by atoms with Crippen molar-refractivity contribution in [1.29, 1.82) is 0 Å². The summed E-state index contributed by atoms with van der Waals surface area (Å²) in [5.41, 5.74) is 0.402. The minimum absolute atomic E-state index is 0.0468. The zero-order valence-electron chi connectivity index (χ0n) is 17.0. The van der Waals surface area contributed by atoms with E-state index in [-0.39, 0.29) is 18.1 Å². The Morgan fingerprint density at radius 3 is 2.70 bits per heavy atom. The van der Waals surface area contributed by atoms with Crippen molar-refractivity contribution in [2.75, 3.05) is 32.7 Å². The normalized spacial score (nSPS) is 17.9. The standard InChI is InChI=1S/C19H28N6O5/c1-12(26)22-15(19(29)30)11-21-17(27)14-10-16-18(28)24(8-9-25(16)23-14)7-4-13-2-5-20-6-3-13/h10,13,15,20H,2-9,11H2,1H3,(H,21,27)(H,22,26)(H,29,30)/t15-/m0/s1. The second-order valence-electron chi connectivity index (χ2n) is 7.71. The number of carbonyl (C=O) groups excluding carboxylic acids is 3. The summed E-state index contributed by atoms with van der Waals surface area (Å²) in [6, 6.07) is 0.193. The zero-order valence-corrected chi connectivity index (χ0v) is 17.0. The molecule has 1 aromatic rings. The summed E-state index contributed by atoms with van der Waals surface area (Å²) < 4.78 is 1.51. The van der Waals surface area contributed by atoms with Gasteiger partial charge in [-0.1, -0.05) is 0 Å². The van der Waals surface area contributed by atoms with E-state index in [4.69, 9.17) is 5.11 Å². The summed E-state index contributed by atoms with van der Waals surface area (Å²) in [5.74, 6) is -1.89. The van der Waals surface area contributed by atoms with Crippen molar-refractivity contribution in [2.24, 2.45) is 5.92 Å². The van der Waals surface area contributed by atoms with Gasteiger partial charge in [0.1, 0.15) is 11.7 Å². The summed E-state index contributed by atoms with van der Waals surface area (Å²) in [6.45, 7) is 4.69. The molecule has 0 radical (unpaired) electrons. The lowest BCUT2D eigenvalue weighted by atomic mass is 9.94. The Labute approximate surface area is 174 Å². The van der Waals surface area contributed by atoms with Crippen LogP contribution in [0.2, 0.25) is 0 Å². The maximum atomic E-state index is 12.8. The summed E-state index contributed by atoms with van der Waals surface area (Å²) >= 11 is 0. The SMILES string of the molecule is CC(=O)N[C@@H](CNC(=O)c1cc2n(n1)CCN(CCC1CCNCC1)C2=O)C(=O)O. The molecule has 11 nitrogen and oxygen atoms in total. The first kappa shape index (κ1) is 21.8. The van der Waals surface area contributed by atoms with Gasteiger partial charge in [0, 0.05) is 32.6 Å². The van der Waals surface area contributed by atoms with Crippen molar-refractivity contribution in [3.63, 3.8) is 0 Å². The molecule has 3 heterocycles. The third-order valence-electron chi connectivity index (χ3n) is 5.51. The van der Waals surface area contributed by atoms with Gasteiger partial charge in [-0.3, -0.25) is 19.1 Å². The van der Waals surface area contributed by atoms with Crippen LogP contribution in [-0.4, -0.2) is 82.2 Å². The molecule has 0 saturated carbocycles. The second-order valence-corrected chi connectivity index (χ2v) is 7.71. The molecule has 0 aromatic carbocycles. The number of hydrogen-bond acceptors (Lipinski definition) is 6. The fourth-order valence-corrected chi connectivity index (χ4v) is 3.80. The molecule has 11 heteroatoms. The molecule has 0 spiro atoms. The van der Waals surface area contributed by atoms with Crippen molar-refractivity contribution in [3.05, 3.63) is 17.5 Å². The number of hydrogen-bond donors (Lipinski definition) is 4. The van der Waals surface area contributed by atoms with Crippen molar-refractivity contribution >= 4 is 23.7 Å². The fraction of sp³-hybridized carbons (Fsp3) is 0.632. The summed E-state index contributed by atoms with van der Waals surface area (Å²) in [5, 5.41) is 21.3. The predicted molar refractivity (Wildman–Crippen MR) is 106 cm³/mol. The molecule has 3 rings (SSSR count). The Hall–Kier alpha value is -2.95. The quantitative estimate of drug-likeness (QED) is 0.424. The topological polar surface area (TPSA) is 146 Å². The van der Waals surface area contributed by atoms with E-state index in [0.717, 1.165) is 32.4 Å². The maximum Gasteiger partial charge on any atom is 0.328 e. The average Bonchev–Trinajstić information content (AvgIpc) is 3.16. The molecule has 1 saturated heterocycles. The molecule has 1 atom stereocenters. The van der Waals surface area contributed by atoms with Gasteiger partial charge in [-0.25, -0.2) is 4.79 Å². The van der Waals surface area contributed by atoms with E-state index in [2.05, 4.69) is 21.0 Å². The molecule has 30 heavy (non-hydrogen) atoms. The van der Waals surface area contributed by atoms with Gasteiger partial charge in [-0.2, -0.15) is 5.10 Å². The Kier molecular flexibility index (Phi) is 7.03. The van der Waals surface area contributed by atoms with Crippen LogP contribution in [0.1, 0.15) is 47.2 Å². The van der Waals surface area contributed by atoms with Gasteiger partial charge >= 0.3 is 5.97 Å². The van der Waals surface area contributed by atoms with E-state index in [1.807, 2.05) is 0 Å². The first-order valence-electron chi connectivity index (χ1n) is 10.2. The van der Waals surface area contributed by atoms with Crippen LogP contribution in [0.15, 0.2) is 6.07 Å². The van der Waals surface area contributed by atoms with Crippen LogP contribution >= 0.6 is 0 Å². The van der Waals surface area contributed by atoms with E-state index in [0.29, 0.717) is 31.2 Å². The van der Waals surface area contributed by atoms with Crippen LogP contribution in [-0.2, 0) is 16.1 Å². The lowest BCUT2D eigenvalue weighted by Gasteiger charge is -2.30. The summed E-state index contributed by atoms with van der Waals surface area (Å²) in [4.78, 5) is 49.2. The lowest BCUT2D eigenvalue weighted by Crippen LogP contribution is -2.47. The van der Waals surface area contributed by atoms with Crippen LogP contribution in [0.4, 0.5) is 0 Å². The minimum atomic E-state index is -1.26. The number of aromatic nitrogens is 2. The summed E-state index contributed by atoms with van der Waals surface area (Å²) in [6.07, 6.45) is 3.22. The monoisotopic (exact) mass is 420 g/mol. The molecule has 164 valence electrons. The van der Waals surface area contributed by atoms with Gasteiger partial charge in [0.05, 0.1) is 6.54 Å². The number of amides is 3. The Balaban J connectivity index is 1.57. The van der Waals surface area contributed by atoms with E-state index in [1.54, 1.807) is 4.90 Å². The number of fused-ring (bicyclic) bond motifs is 1. The molecule has 4 N–H and O–H groups in total. The van der Waals surface area contributed by atoms with Crippen LogP contribution in [0.5, 0.6) is 0 Å². The van der Waals surface area contributed by atoms with E-state index < -0.39 is 23.8 Å². The largest absolute Gasteiger partial charge is 0.480 e. The van der Waals surface area contributed by atoms with E-state index >= 15 is 0 Å². The molecule has 0 unspecified atom stereocenters. The predicted octanol–water partition coefficient (Wildman–Crippen LogP) is -0.952. The highest BCUT2D eigenvalue weighted by Gasteiger charge is 2.29. The first-order chi connectivity index (χ1) is 14.3. The van der Waals surface area contributed by atoms with Crippen LogP contribution in [0.25, 0.3) is 0 Å². The molecule has 2 aliphatic rings. The molecule has 1 aromatic heterocycles. The second kappa shape index (κ2) is 9.70. The third kappa shape index (κ3) is 5.35. The van der Waals surface area contributed by atoms with E-state index in [1.165, 1.54) is 17.7 Å². The molecule has 3 amide bonds. The lowest BCUT2D eigenvalue weighted by molar-refractivity contribution is -0.141. The van der Waals surface area contributed by atoms with Gasteiger partial charge in [0.15, 0.2) is 5.69 Å². The number of nitrogens with one attached hydrogen (secondary N) is 3. The van der Waals surface area contributed by atoms with Crippen LogP contribution in [0, 0.1) is 5.92 Å².